The quantitative estimate of drug-likeness (QED) is 0.830. The largest absolute Gasteiger partial charge is 0.388 e. The fraction of sp³-hybridized carbons (Fsp3) is 0.444. The van der Waals surface area contributed by atoms with Crippen LogP contribution in [0.1, 0.15) is 41.4 Å². The fourth-order valence-electron chi connectivity index (χ4n) is 2.84. The summed E-state index contributed by atoms with van der Waals surface area (Å²) in [4.78, 5) is 3.96. The molecule has 1 heterocycles. The van der Waals surface area contributed by atoms with Crippen molar-refractivity contribution in [1.29, 1.82) is 0 Å². The van der Waals surface area contributed by atoms with Crippen molar-refractivity contribution in [3.63, 3.8) is 0 Å². The second kappa shape index (κ2) is 6.73. The van der Waals surface area contributed by atoms with E-state index in [1.54, 1.807) is 0 Å². The zero-order valence-electron chi connectivity index (χ0n) is 12.5. The highest BCUT2D eigenvalue weighted by Gasteiger charge is 2.29. The van der Waals surface area contributed by atoms with Gasteiger partial charge < -0.3 is 5.11 Å². The van der Waals surface area contributed by atoms with Crippen LogP contribution in [-0.4, -0.2) is 22.6 Å². The van der Waals surface area contributed by atoms with E-state index >= 15 is 0 Å². The van der Waals surface area contributed by atoms with Gasteiger partial charge in [0.15, 0.2) is 0 Å². The maximum atomic E-state index is 10.5. The molecule has 1 saturated carbocycles. The van der Waals surface area contributed by atoms with E-state index in [1.807, 2.05) is 29.5 Å². The molecule has 1 aliphatic rings. The SMILES string of the molecule is Cc1ccccc1C(O)CCN(Cc1cccs1)C1CC1. The highest BCUT2D eigenvalue weighted by Crippen LogP contribution is 2.30. The van der Waals surface area contributed by atoms with Gasteiger partial charge in [0.1, 0.15) is 0 Å². The predicted molar refractivity (Wildman–Crippen MR) is 88.5 cm³/mol. The fourth-order valence-corrected chi connectivity index (χ4v) is 3.57. The maximum absolute atomic E-state index is 10.5. The minimum atomic E-state index is -0.351. The van der Waals surface area contributed by atoms with Crippen molar-refractivity contribution in [2.24, 2.45) is 0 Å². The first-order valence-electron chi connectivity index (χ1n) is 7.74. The van der Waals surface area contributed by atoms with Crippen LogP contribution in [0.4, 0.5) is 0 Å². The molecule has 21 heavy (non-hydrogen) atoms. The highest BCUT2D eigenvalue weighted by atomic mass is 32.1. The molecule has 1 N–H and O–H groups in total. The van der Waals surface area contributed by atoms with E-state index in [1.165, 1.54) is 23.3 Å². The van der Waals surface area contributed by atoms with Crippen LogP contribution in [0, 0.1) is 6.92 Å². The van der Waals surface area contributed by atoms with E-state index in [0.29, 0.717) is 0 Å². The molecule has 0 bridgehead atoms. The minimum Gasteiger partial charge on any atom is -0.388 e. The monoisotopic (exact) mass is 301 g/mol. The summed E-state index contributed by atoms with van der Waals surface area (Å²) in [5, 5.41) is 12.6. The van der Waals surface area contributed by atoms with Crippen molar-refractivity contribution in [2.45, 2.75) is 44.9 Å². The lowest BCUT2D eigenvalue weighted by molar-refractivity contribution is 0.136. The van der Waals surface area contributed by atoms with Gasteiger partial charge in [-0.2, -0.15) is 0 Å². The molecular formula is C18H23NOS. The third kappa shape index (κ3) is 3.94. The van der Waals surface area contributed by atoms with Gasteiger partial charge in [-0.15, -0.1) is 11.3 Å². The third-order valence-electron chi connectivity index (χ3n) is 4.24. The van der Waals surface area contributed by atoms with E-state index in [-0.39, 0.29) is 6.10 Å². The summed E-state index contributed by atoms with van der Waals surface area (Å²) in [5.41, 5.74) is 2.26. The number of aryl methyl sites for hydroxylation is 1. The van der Waals surface area contributed by atoms with E-state index in [9.17, 15) is 5.11 Å². The van der Waals surface area contributed by atoms with Crippen molar-refractivity contribution in [1.82, 2.24) is 4.90 Å². The number of aliphatic hydroxyl groups is 1. The molecule has 3 rings (SSSR count). The summed E-state index contributed by atoms with van der Waals surface area (Å²) in [7, 11) is 0. The molecule has 1 fully saturated rings. The lowest BCUT2D eigenvalue weighted by Crippen LogP contribution is -2.27. The molecule has 0 aliphatic heterocycles. The van der Waals surface area contributed by atoms with E-state index in [4.69, 9.17) is 0 Å². The third-order valence-corrected chi connectivity index (χ3v) is 5.10. The Kier molecular flexibility index (Phi) is 4.73. The zero-order valence-corrected chi connectivity index (χ0v) is 13.4. The normalized spacial score (nSPS) is 16.3. The van der Waals surface area contributed by atoms with Gasteiger partial charge in [-0.05, 0) is 48.8 Å². The molecule has 2 aromatic rings. The second-order valence-corrected chi connectivity index (χ2v) is 6.97. The first-order valence-corrected chi connectivity index (χ1v) is 8.62. The molecule has 1 aromatic heterocycles. The van der Waals surface area contributed by atoms with Crippen LogP contribution in [0.5, 0.6) is 0 Å². The Morgan fingerprint density at radius 1 is 1.24 bits per heavy atom. The Balaban J connectivity index is 1.58. The molecule has 3 heteroatoms. The number of hydrogen-bond acceptors (Lipinski definition) is 3. The van der Waals surface area contributed by atoms with E-state index < -0.39 is 0 Å². The minimum absolute atomic E-state index is 0.351. The van der Waals surface area contributed by atoms with E-state index in [0.717, 1.165) is 31.1 Å². The van der Waals surface area contributed by atoms with Crippen molar-refractivity contribution >= 4 is 11.3 Å². The van der Waals surface area contributed by atoms with Crippen LogP contribution < -0.4 is 0 Å². The van der Waals surface area contributed by atoms with Gasteiger partial charge in [0.2, 0.25) is 0 Å². The van der Waals surface area contributed by atoms with Gasteiger partial charge in [0, 0.05) is 24.0 Å². The lowest BCUT2D eigenvalue weighted by atomic mass is 10.0. The summed E-state index contributed by atoms with van der Waals surface area (Å²) in [5.74, 6) is 0. The number of benzene rings is 1. The van der Waals surface area contributed by atoms with Gasteiger partial charge in [-0.25, -0.2) is 0 Å². The number of hydrogen-bond donors (Lipinski definition) is 1. The topological polar surface area (TPSA) is 23.5 Å². The van der Waals surface area contributed by atoms with Gasteiger partial charge in [0.05, 0.1) is 6.10 Å². The smallest absolute Gasteiger partial charge is 0.0804 e. The van der Waals surface area contributed by atoms with Crippen LogP contribution in [-0.2, 0) is 6.54 Å². The Labute approximate surface area is 131 Å². The number of thiophene rings is 1. The Bertz CT molecular complexity index is 562. The van der Waals surface area contributed by atoms with Crippen molar-refractivity contribution < 1.29 is 5.11 Å². The predicted octanol–water partition coefficient (Wildman–Crippen LogP) is 4.14. The number of aliphatic hydroxyl groups excluding tert-OH is 1. The van der Waals surface area contributed by atoms with Crippen LogP contribution in [0.15, 0.2) is 41.8 Å². The summed E-state index contributed by atoms with van der Waals surface area (Å²) in [6.45, 7) is 4.07. The molecule has 0 saturated heterocycles. The number of rotatable bonds is 7. The molecular weight excluding hydrogens is 278 g/mol. The van der Waals surface area contributed by atoms with Crippen molar-refractivity contribution in [3.05, 3.63) is 57.8 Å². The Hall–Kier alpha value is -1.16. The molecule has 2 nitrogen and oxygen atoms in total. The molecule has 1 unspecified atom stereocenters. The summed E-state index contributed by atoms with van der Waals surface area (Å²) < 4.78 is 0. The molecule has 1 aliphatic carbocycles. The Morgan fingerprint density at radius 3 is 2.71 bits per heavy atom. The summed E-state index contributed by atoms with van der Waals surface area (Å²) in [6, 6.07) is 13.2. The average molecular weight is 301 g/mol. The molecule has 0 spiro atoms. The van der Waals surface area contributed by atoms with Crippen LogP contribution >= 0.6 is 11.3 Å². The second-order valence-electron chi connectivity index (χ2n) is 5.94. The maximum Gasteiger partial charge on any atom is 0.0804 e. The van der Waals surface area contributed by atoms with Crippen LogP contribution in [0.2, 0.25) is 0 Å². The van der Waals surface area contributed by atoms with Gasteiger partial charge in [-0.1, -0.05) is 30.3 Å². The standard InChI is InChI=1S/C18H23NOS/c1-14-5-2-3-7-17(14)18(20)10-11-19(15-8-9-15)13-16-6-4-12-21-16/h2-7,12,15,18,20H,8-11,13H2,1H3. The molecule has 1 aromatic carbocycles. The van der Waals surface area contributed by atoms with Crippen molar-refractivity contribution in [2.75, 3.05) is 6.54 Å². The van der Waals surface area contributed by atoms with Crippen molar-refractivity contribution in [3.8, 4) is 0 Å². The molecule has 112 valence electrons. The number of nitrogens with zero attached hydrogens (tertiary/aromatic N) is 1. The first-order chi connectivity index (χ1) is 10.2. The Morgan fingerprint density at radius 2 is 2.05 bits per heavy atom. The lowest BCUT2D eigenvalue weighted by Gasteiger charge is -2.23. The van der Waals surface area contributed by atoms with Gasteiger partial charge in [-0.3, -0.25) is 4.90 Å². The first kappa shape index (κ1) is 14.8. The zero-order chi connectivity index (χ0) is 14.7. The summed E-state index contributed by atoms with van der Waals surface area (Å²) >= 11 is 1.83. The summed E-state index contributed by atoms with van der Waals surface area (Å²) in [6.07, 6.45) is 3.08. The highest BCUT2D eigenvalue weighted by molar-refractivity contribution is 7.09. The average Bonchev–Trinajstić information content (AvgIpc) is 3.21. The van der Waals surface area contributed by atoms with Gasteiger partial charge in [0.25, 0.3) is 0 Å². The van der Waals surface area contributed by atoms with Crippen LogP contribution in [0.3, 0.4) is 0 Å². The van der Waals surface area contributed by atoms with Crippen LogP contribution in [0.25, 0.3) is 0 Å². The molecule has 1 atom stereocenters. The molecule has 0 radical (unpaired) electrons. The van der Waals surface area contributed by atoms with E-state index in [2.05, 4.69) is 35.4 Å². The molecule has 0 amide bonds. The van der Waals surface area contributed by atoms with Gasteiger partial charge >= 0.3 is 0 Å².